The largest absolute Gasteiger partial charge is 0.0625 e. The molecule has 10 heteroatoms. The Bertz CT molecular complexity index is 628. The van der Waals surface area contributed by atoms with E-state index in [1.807, 2.05) is 20.8 Å². The van der Waals surface area contributed by atoms with Crippen LogP contribution >= 0.6 is 21.0 Å². The van der Waals surface area contributed by atoms with E-state index in [-0.39, 0.29) is 48.1 Å². The summed E-state index contributed by atoms with van der Waals surface area (Å²) in [5.74, 6) is 0. The first kappa shape index (κ1) is 27.6. The summed E-state index contributed by atoms with van der Waals surface area (Å²) in [6.45, 7) is 16.9. The van der Waals surface area contributed by atoms with Gasteiger partial charge in [0.2, 0.25) is 0 Å². The first-order valence-corrected chi connectivity index (χ1v) is 15.5. The van der Waals surface area contributed by atoms with Gasteiger partial charge in [-0.1, -0.05) is 6.92 Å². The molecule has 3 N–H and O–H groups in total. The zero-order valence-electron chi connectivity index (χ0n) is 19.6. The van der Waals surface area contributed by atoms with Crippen molar-refractivity contribution in [3.63, 3.8) is 0 Å². The SMILES string of the molecule is [B]/C(=C/CC1CNC(C(C)=IN(N=C)C2CCN(C(O)OC(C)(C)C)[I-]C2)CN1)CC. The summed E-state index contributed by atoms with van der Waals surface area (Å²) in [5, 5.41) is 22.1. The third kappa shape index (κ3) is 9.66. The molecule has 0 amide bonds. The molecule has 31 heavy (non-hydrogen) atoms. The number of halogens is 2. The fourth-order valence-electron chi connectivity index (χ4n) is 3.29. The molecule has 0 bridgehead atoms. The van der Waals surface area contributed by atoms with Gasteiger partial charge in [0.05, 0.1) is 0 Å². The average Bonchev–Trinajstić information content (AvgIpc) is 2.74. The van der Waals surface area contributed by atoms with Gasteiger partial charge in [-0.05, 0) is 6.42 Å². The summed E-state index contributed by atoms with van der Waals surface area (Å²) in [6.07, 6.45) is 4.22. The van der Waals surface area contributed by atoms with Gasteiger partial charge in [0.15, 0.2) is 0 Å². The molecule has 0 spiro atoms. The summed E-state index contributed by atoms with van der Waals surface area (Å²) >= 11 is -0.643. The van der Waals surface area contributed by atoms with Crippen LogP contribution in [0.1, 0.15) is 53.9 Å². The van der Waals surface area contributed by atoms with Crippen molar-refractivity contribution in [2.24, 2.45) is 5.10 Å². The Hall–Kier alpha value is 0.405. The van der Waals surface area contributed by atoms with Gasteiger partial charge in [0.25, 0.3) is 0 Å². The van der Waals surface area contributed by atoms with Crippen molar-refractivity contribution in [1.29, 1.82) is 0 Å². The molecular weight excluding hydrogens is 619 g/mol. The van der Waals surface area contributed by atoms with E-state index in [0.717, 1.165) is 48.8 Å². The molecule has 4 atom stereocenters. The van der Waals surface area contributed by atoms with Crippen LogP contribution in [0.2, 0.25) is 0 Å². The minimum Gasteiger partial charge on any atom is -0.0625 e. The molecule has 0 aromatic heterocycles. The maximum atomic E-state index is 10.4. The van der Waals surface area contributed by atoms with E-state index >= 15 is 0 Å². The number of rotatable bonds is 9. The number of aliphatic hydroxyl groups is 1. The maximum absolute atomic E-state index is 10.4. The zero-order valence-corrected chi connectivity index (χ0v) is 23.9. The number of alkyl halides is 1. The normalized spacial score (nSPS) is 28.3. The number of nitrogens with one attached hydrogen (secondary N) is 2. The summed E-state index contributed by atoms with van der Waals surface area (Å²) in [5.41, 5.74) is 0.627. The number of aliphatic hydroxyl groups excluding tert-OH is 1. The standard InChI is InChI=1S/C21H39BI2N5O2/c1-7-16(22)8-9-17-13-27-19(14-26-17)15(2)24-29(25-6)18-10-11-28(23-12-18)20(30)31-21(3,4)5/h8,17-20,26-27,30H,6-7,9-14H2,1-5H3/q-1/b16-8+. The molecule has 2 rings (SSSR count). The van der Waals surface area contributed by atoms with E-state index in [1.54, 1.807) is 0 Å². The van der Waals surface area contributed by atoms with Gasteiger partial charge < -0.3 is 0 Å². The van der Waals surface area contributed by atoms with Gasteiger partial charge in [0, 0.05) is 0 Å². The molecular formula is C21H39BI2N5O2-. The number of hydrazone groups is 1. The quantitative estimate of drug-likeness (QED) is 0.0559. The van der Waals surface area contributed by atoms with Crippen molar-refractivity contribution in [2.45, 2.75) is 84.0 Å². The van der Waals surface area contributed by atoms with Gasteiger partial charge in [-0.15, -0.1) is 0 Å². The van der Waals surface area contributed by atoms with Gasteiger partial charge in [-0.25, -0.2) is 0 Å². The molecule has 2 saturated heterocycles. The van der Waals surface area contributed by atoms with Crippen LogP contribution in [0.3, 0.4) is 0 Å². The minimum absolute atomic E-state index is 0.292. The van der Waals surface area contributed by atoms with E-state index in [4.69, 9.17) is 12.6 Å². The predicted octanol–water partition coefficient (Wildman–Crippen LogP) is -1.07. The van der Waals surface area contributed by atoms with Crippen LogP contribution in [0.15, 0.2) is 16.6 Å². The number of hydrogen-bond acceptors (Lipinski definition) is 7. The van der Waals surface area contributed by atoms with Crippen molar-refractivity contribution < 1.29 is 31.3 Å². The van der Waals surface area contributed by atoms with Crippen molar-refractivity contribution in [3.05, 3.63) is 11.5 Å². The van der Waals surface area contributed by atoms with E-state index in [0.29, 0.717) is 18.1 Å². The van der Waals surface area contributed by atoms with E-state index < -0.39 is 6.41 Å². The van der Waals surface area contributed by atoms with Gasteiger partial charge in [-0.3, -0.25) is 0 Å². The van der Waals surface area contributed by atoms with Crippen LogP contribution in [0.25, 0.3) is 0 Å². The Balaban J connectivity index is 1.83. The summed E-state index contributed by atoms with van der Waals surface area (Å²) in [7, 11) is 5.93. The molecule has 2 fully saturated rings. The van der Waals surface area contributed by atoms with Crippen LogP contribution in [-0.2, 0) is 4.74 Å². The first-order chi connectivity index (χ1) is 14.6. The van der Waals surface area contributed by atoms with Crippen molar-refractivity contribution >= 4 is 39.1 Å². The smallest absolute Gasteiger partial charge is 0.0445 e. The second-order valence-electron chi connectivity index (χ2n) is 8.93. The van der Waals surface area contributed by atoms with E-state index in [9.17, 15) is 5.11 Å². The third-order valence-corrected chi connectivity index (χ3v) is 11.6. The Morgan fingerprint density at radius 1 is 1.45 bits per heavy atom. The van der Waals surface area contributed by atoms with E-state index in [2.05, 4.69) is 48.7 Å². The molecule has 0 aromatic carbocycles. The second kappa shape index (κ2) is 13.3. The fourth-order valence-corrected chi connectivity index (χ4v) is 9.47. The average molecular weight is 658 g/mol. The second-order valence-corrected chi connectivity index (χ2v) is 14.9. The topological polar surface area (TPSA) is 72.4 Å². The maximum Gasteiger partial charge on any atom is -0.0445 e. The molecule has 0 aromatic rings. The molecule has 2 aliphatic rings. The molecule has 0 aliphatic carbocycles. The summed E-state index contributed by atoms with van der Waals surface area (Å²) in [4.78, 5) is 0. The summed E-state index contributed by atoms with van der Waals surface area (Å²) in [6, 6.07) is 1.26. The van der Waals surface area contributed by atoms with Gasteiger partial charge in [-0.2, -0.15) is 0 Å². The van der Waals surface area contributed by atoms with E-state index in [1.165, 1.54) is 3.51 Å². The van der Waals surface area contributed by atoms with Crippen LogP contribution in [0.5, 0.6) is 0 Å². The summed E-state index contributed by atoms with van der Waals surface area (Å²) < 4.78 is 12.6. The van der Waals surface area contributed by atoms with Crippen LogP contribution < -0.4 is 32.1 Å². The van der Waals surface area contributed by atoms with Crippen LogP contribution in [0.4, 0.5) is 0 Å². The molecule has 2 radical (unpaired) electrons. The van der Waals surface area contributed by atoms with Crippen molar-refractivity contribution in [3.8, 4) is 0 Å². The van der Waals surface area contributed by atoms with Crippen LogP contribution in [-0.4, -0.2) is 83.7 Å². The first-order valence-electron chi connectivity index (χ1n) is 11.0. The van der Waals surface area contributed by atoms with Crippen molar-refractivity contribution in [1.82, 2.24) is 17.0 Å². The van der Waals surface area contributed by atoms with Crippen molar-refractivity contribution in [2.75, 3.05) is 24.1 Å². The molecule has 2 aliphatic heterocycles. The predicted molar refractivity (Wildman–Crippen MR) is 135 cm³/mol. The number of hydrogen-bond donors (Lipinski definition) is 3. The molecule has 178 valence electrons. The van der Waals surface area contributed by atoms with Gasteiger partial charge in [0.1, 0.15) is 7.85 Å². The number of nitrogens with zero attached hydrogens (tertiary/aromatic N) is 3. The minimum atomic E-state index is -0.796. The van der Waals surface area contributed by atoms with Gasteiger partial charge >= 0.3 is 191 Å². The molecule has 0 saturated carbocycles. The Morgan fingerprint density at radius 3 is 2.71 bits per heavy atom. The third-order valence-electron chi connectivity index (χ3n) is 5.21. The Kier molecular flexibility index (Phi) is 11.9. The fraction of sp³-hybridized carbons (Fsp3) is 0.810. The van der Waals surface area contributed by atoms with Crippen LogP contribution in [0, 0.1) is 0 Å². The molecule has 4 unspecified atom stereocenters. The number of piperazine rings is 1. The Morgan fingerprint density at radius 2 is 2.19 bits per heavy atom. The molecule has 7 nitrogen and oxygen atoms in total. The molecule has 2 heterocycles. The number of allylic oxidation sites excluding steroid dienone is 1. The Labute approximate surface area is 210 Å². The number of ether oxygens (including phenoxy) is 1. The zero-order chi connectivity index (χ0) is 23.0. The monoisotopic (exact) mass is 658 g/mol.